The summed E-state index contributed by atoms with van der Waals surface area (Å²) in [6, 6.07) is 27.1. The minimum absolute atomic E-state index is 0.636. The topological polar surface area (TPSA) is 66.6 Å². The molecule has 1 saturated carbocycles. The number of carboxylic acids is 1. The number of hydrogen-bond donors (Lipinski definition) is 1. The minimum Gasteiger partial charge on any atom is -0.481 e. The first-order valence-electron chi connectivity index (χ1n) is 13.7. The van der Waals surface area contributed by atoms with E-state index in [1.54, 1.807) is 0 Å². The van der Waals surface area contributed by atoms with Gasteiger partial charge in [0.25, 0.3) is 0 Å². The molecule has 0 atom stereocenters. The Morgan fingerprint density at radius 3 is 2.13 bits per heavy atom. The van der Waals surface area contributed by atoms with Gasteiger partial charge in [-0.3, -0.25) is 9.69 Å². The second-order valence-corrected chi connectivity index (χ2v) is 11.0. The quantitative estimate of drug-likeness (QED) is 0.282. The van der Waals surface area contributed by atoms with Crippen LogP contribution in [0.1, 0.15) is 48.1 Å². The average Bonchev–Trinajstić information content (AvgIpc) is 3.70. The Hall–Kier alpha value is -3.70. The number of carbonyl (C=O) groups is 1. The standard InChI is InChI=1S/C33H34N2O3/c1-23-30(21-24-15-19-35(20-16-24)22-25-5-3-2-4-6-25)31(38-34-23)28-9-7-26(8-10-28)27-11-13-29(14-12-27)33(17-18-33)32(36)37/h2-14,24H,15-22H2,1H3,(H,36,37). The van der Waals surface area contributed by atoms with E-state index in [9.17, 15) is 9.90 Å². The lowest BCUT2D eigenvalue weighted by atomic mass is 9.88. The molecule has 3 aromatic carbocycles. The molecular weight excluding hydrogens is 472 g/mol. The highest BCUT2D eigenvalue weighted by molar-refractivity contribution is 5.85. The van der Waals surface area contributed by atoms with E-state index in [0.29, 0.717) is 5.92 Å². The monoisotopic (exact) mass is 506 g/mol. The first-order chi connectivity index (χ1) is 18.5. The molecule has 2 aliphatic rings. The van der Waals surface area contributed by atoms with E-state index in [2.05, 4.69) is 64.7 Å². The fourth-order valence-corrected chi connectivity index (χ4v) is 5.88. The smallest absolute Gasteiger partial charge is 0.314 e. The lowest BCUT2D eigenvalue weighted by Gasteiger charge is -2.32. The van der Waals surface area contributed by atoms with Crippen molar-refractivity contribution in [1.29, 1.82) is 0 Å². The summed E-state index contributed by atoms with van der Waals surface area (Å²) in [4.78, 5) is 14.2. The number of hydrogen-bond acceptors (Lipinski definition) is 4. The van der Waals surface area contributed by atoms with Gasteiger partial charge in [0.05, 0.1) is 11.1 Å². The Kier molecular flexibility index (Phi) is 6.62. The van der Waals surface area contributed by atoms with Gasteiger partial charge in [0.1, 0.15) is 0 Å². The maximum absolute atomic E-state index is 11.6. The van der Waals surface area contributed by atoms with Gasteiger partial charge in [-0.2, -0.15) is 0 Å². The van der Waals surface area contributed by atoms with Crippen molar-refractivity contribution in [2.45, 2.75) is 51.0 Å². The fraction of sp³-hybridized carbons (Fsp3) is 0.333. The molecule has 2 fully saturated rings. The highest BCUT2D eigenvalue weighted by Gasteiger charge is 2.51. The number of likely N-dealkylation sites (tertiary alicyclic amines) is 1. The van der Waals surface area contributed by atoms with Gasteiger partial charge in [-0.1, -0.05) is 84.0 Å². The second kappa shape index (κ2) is 10.2. The zero-order valence-electron chi connectivity index (χ0n) is 21.9. The van der Waals surface area contributed by atoms with Crippen LogP contribution in [0.25, 0.3) is 22.5 Å². The van der Waals surface area contributed by atoms with E-state index >= 15 is 0 Å². The lowest BCUT2D eigenvalue weighted by Crippen LogP contribution is -2.33. The predicted octanol–water partition coefficient (Wildman–Crippen LogP) is 6.89. The fourth-order valence-electron chi connectivity index (χ4n) is 5.88. The van der Waals surface area contributed by atoms with Crippen molar-refractivity contribution < 1.29 is 14.4 Å². The number of rotatable bonds is 8. The molecule has 4 aromatic rings. The van der Waals surface area contributed by atoms with Gasteiger partial charge in [-0.25, -0.2) is 0 Å². The number of aliphatic carboxylic acids is 1. The molecule has 5 heteroatoms. The van der Waals surface area contributed by atoms with Gasteiger partial charge in [-0.05, 0) is 80.3 Å². The zero-order chi connectivity index (χ0) is 26.1. The van der Waals surface area contributed by atoms with Crippen LogP contribution in [0.3, 0.4) is 0 Å². The van der Waals surface area contributed by atoms with Crippen molar-refractivity contribution in [2.24, 2.45) is 5.92 Å². The van der Waals surface area contributed by atoms with Crippen LogP contribution >= 0.6 is 0 Å². The third kappa shape index (κ3) is 4.91. The summed E-state index contributed by atoms with van der Waals surface area (Å²) in [5.74, 6) is 0.802. The second-order valence-electron chi connectivity index (χ2n) is 11.0. The molecule has 6 rings (SSSR count). The molecule has 1 aromatic heterocycles. The zero-order valence-corrected chi connectivity index (χ0v) is 21.9. The Morgan fingerprint density at radius 1 is 0.921 bits per heavy atom. The molecule has 2 heterocycles. The van der Waals surface area contributed by atoms with Crippen LogP contribution in [-0.4, -0.2) is 34.2 Å². The Morgan fingerprint density at radius 2 is 1.53 bits per heavy atom. The average molecular weight is 507 g/mol. The maximum Gasteiger partial charge on any atom is 0.314 e. The number of aromatic nitrogens is 1. The van der Waals surface area contributed by atoms with E-state index in [-0.39, 0.29) is 0 Å². The molecule has 1 aliphatic heterocycles. The molecule has 0 spiro atoms. The largest absolute Gasteiger partial charge is 0.481 e. The van der Waals surface area contributed by atoms with Gasteiger partial charge in [0, 0.05) is 17.7 Å². The van der Waals surface area contributed by atoms with E-state index < -0.39 is 11.4 Å². The highest BCUT2D eigenvalue weighted by Crippen LogP contribution is 2.48. The first kappa shape index (κ1) is 24.6. The third-order valence-corrected chi connectivity index (χ3v) is 8.51. The van der Waals surface area contributed by atoms with Gasteiger partial charge >= 0.3 is 5.97 Å². The summed E-state index contributed by atoms with van der Waals surface area (Å²) in [7, 11) is 0. The summed E-state index contributed by atoms with van der Waals surface area (Å²) in [5, 5.41) is 13.9. The van der Waals surface area contributed by atoms with Crippen molar-refractivity contribution in [3.8, 4) is 22.5 Å². The lowest BCUT2D eigenvalue weighted by molar-refractivity contribution is -0.140. The predicted molar refractivity (Wildman–Crippen MR) is 149 cm³/mol. The van der Waals surface area contributed by atoms with Crippen LogP contribution in [-0.2, 0) is 23.2 Å². The summed E-state index contributed by atoms with van der Waals surface area (Å²) in [5.41, 5.74) is 7.06. The molecule has 1 N–H and O–H groups in total. The van der Waals surface area contributed by atoms with Crippen LogP contribution in [0.5, 0.6) is 0 Å². The van der Waals surface area contributed by atoms with E-state index in [4.69, 9.17) is 4.52 Å². The Balaban J connectivity index is 1.11. The normalized spacial score (nSPS) is 17.4. The van der Waals surface area contributed by atoms with E-state index in [1.807, 2.05) is 31.2 Å². The van der Waals surface area contributed by atoms with Gasteiger partial charge in [0.2, 0.25) is 0 Å². The Labute approximate surface area is 224 Å². The maximum atomic E-state index is 11.6. The van der Waals surface area contributed by atoms with Crippen molar-refractivity contribution >= 4 is 5.97 Å². The minimum atomic E-state index is -0.717. The van der Waals surface area contributed by atoms with Crippen LogP contribution in [0.2, 0.25) is 0 Å². The van der Waals surface area contributed by atoms with Crippen LogP contribution in [0, 0.1) is 12.8 Å². The van der Waals surface area contributed by atoms with Crippen molar-refractivity contribution in [3.63, 3.8) is 0 Å². The molecule has 194 valence electrons. The van der Waals surface area contributed by atoms with Crippen molar-refractivity contribution in [1.82, 2.24) is 10.1 Å². The number of piperidine rings is 1. The summed E-state index contributed by atoms with van der Waals surface area (Å²) >= 11 is 0. The van der Waals surface area contributed by atoms with Crippen molar-refractivity contribution in [3.05, 3.63) is 101 Å². The number of benzene rings is 3. The number of nitrogens with zero attached hydrogens (tertiary/aromatic N) is 2. The molecule has 5 nitrogen and oxygen atoms in total. The van der Waals surface area contributed by atoms with Crippen LogP contribution in [0.4, 0.5) is 0 Å². The molecule has 0 amide bonds. The molecule has 1 aliphatic carbocycles. The molecule has 0 bridgehead atoms. The summed E-state index contributed by atoms with van der Waals surface area (Å²) in [6.45, 7) is 5.33. The SMILES string of the molecule is Cc1noc(-c2ccc(-c3ccc(C4(C(=O)O)CC4)cc3)cc2)c1CC1CCN(Cc2ccccc2)CC1. The third-order valence-electron chi connectivity index (χ3n) is 8.51. The molecular formula is C33H34N2O3. The van der Waals surface area contributed by atoms with Crippen molar-refractivity contribution in [2.75, 3.05) is 13.1 Å². The molecule has 38 heavy (non-hydrogen) atoms. The number of carboxylic acid groups (broad SMARTS) is 1. The van der Waals surface area contributed by atoms with E-state index in [1.165, 1.54) is 24.0 Å². The first-order valence-corrected chi connectivity index (χ1v) is 13.7. The summed E-state index contributed by atoms with van der Waals surface area (Å²) in [6.07, 6.45) is 4.83. The van der Waals surface area contributed by atoms with Gasteiger partial charge in [-0.15, -0.1) is 0 Å². The number of aryl methyl sites for hydroxylation is 1. The molecule has 0 radical (unpaired) electrons. The van der Waals surface area contributed by atoms with Gasteiger partial charge < -0.3 is 9.63 Å². The van der Waals surface area contributed by atoms with Gasteiger partial charge in [0.15, 0.2) is 5.76 Å². The van der Waals surface area contributed by atoms with Crippen LogP contribution in [0.15, 0.2) is 83.4 Å². The Bertz CT molecular complexity index is 1400. The van der Waals surface area contributed by atoms with Crippen LogP contribution < -0.4 is 0 Å². The summed E-state index contributed by atoms with van der Waals surface area (Å²) < 4.78 is 5.84. The highest BCUT2D eigenvalue weighted by atomic mass is 16.5. The van der Waals surface area contributed by atoms with E-state index in [0.717, 1.165) is 72.6 Å². The molecule has 0 unspecified atom stereocenters. The molecule has 1 saturated heterocycles.